The zero-order valence-electron chi connectivity index (χ0n) is 12.2. The van der Waals surface area contributed by atoms with E-state index < -0.39 is 0 Å². The predicted molar refractivity (Wildman–Crippen MR) is 80.7 cm³/mol. The van der Waals surface area contributed by atoms with Crippen LogP contribution in [-0.4, -0.2) is 24.5 Å². The molecule has 1 amide bonds. The first kappa shape index (κ1) is 14.5. The van der Waals surface area contributed by atoms with Gasteiger partial charge in [0.25, 0.3) is 0 Å². The summed E-state index contributed by atoms with van der Waals surface area (Å²) in [4.78, 5) is 14.7. The van der Waals surface area contributed by atoms with Gasteiger partial charge in [-0.2, -0.15) is 0 Å². The third-order valence-electron chi connectivity index (χ3n) is 3.33. The van der Waals surface area contributed by atoms with Crippen LogP contribution < -0.4 is 10.6 Å². The summed E-state index contributed by atoms with van der Waals surface area (Å²) in [6.45, 7) is 10.0. The van der Waals surface area contributed by atoms with Crippen molar-refractivity contribution < 1.29 is 4.79 Å². The molecule has 0 bridgehead atoms. The van der Waals surface area contributed by atoms with Gasteiger partial charge in [-0.25, -0.2) is 0 Å². The van der Waals surface area contributed by atoms with Crippen molar-refractivity contribution in [2.45, 2.75) is 45.6 Å². The van der Waals surface area contributed by atoms with Gasteiger partial charge in [0.1, 0.15) is 0 Å². The molecule has 2 N–H and O–H groups in total. The summed E-state index contributed by atoms with van der Waals surface area (Å²) >= 11 is 1.82. The van der Waals surface area contributed by atoms with Gasteiger partial charge in [-0.3, -0.25) is 4.79 Å². The maximum Gasteiger partial charge on any atom is 0.223 e. The number of hydrogen-bond donors (Lipinski definition) is 2. The maximum atomic E-state index is 12.0. The molecule has 4 heteroatoms. The van der Waals surface area contributed by atoms with Crippen LogP contribution in [0.5, 0.6) is 0 Å². The summed E-state index contributed by atoms with van der Waals surface area (Å²) in [5.74, 6) is 0.883. The van der Waals surface area contributed by atoms with E-state index in [1.54, 1.807) is 0 Å². The Labute approximate surface area is 119 Å². The zero-order valence-corrected chi connectivity index (χ0v) is 13.1. The van der Waals surface area contributed by atoms with Gasteiger partial charge >= 0.3 is 0 Å². The summed E-state index contributed by atoms with van der Waals surface area (Å²) in [7, 11) is 0. The minimum absolute atomic E-state index is 0.112. The summed E-state index contributed by atoms with van der Waals surface area (Å²) in [5.41, 5.74) is 0.112. The first-order valence-corrected chi connectivity index (χ1v) is 7.77. The van der Waals surface area contributed by atoms with Crippen LogP contribution in [0, 0.1) is 12.8 Å². The summed E-state index contributed by atoms with van der Waals surface area (Å²) in [6, 6.07) is 4.31. The average Bonchev–Trinajstić information content (AvgIpc) is 2.99. The smallest absolute Gasteiger partial charge is 0.223 e. The Bertz CT molecular complexity index is 447. The molecule has 1 aromatic rings. The van der Waals surface area contributed by atoms with Crippen molar-refractivity contribution in [2.24, 2.45) is 5.92 Å². The molecule has 1 aliphatic carbocycles. The highest BCUT2D eigenvalue weighted by Gasteiger charge is 2.44. The Morgan fingerprint density at radius 1 is 1.37 bits per heavy atom. The lowest BCUT2D eigenvalue weighted by Gasteiger charge is -2.20. The molecular formula is C15H24N2OS. The van der Waals surface area contributed by atoms with Crippen LogP contribution in [0.3, 0.4) is 0 Å². The number of hydrogen-bond acceptors (Lipinski definition) is 3. The molecule has 0 aliphatic heterocycles. The van der Waals surface area contributed by atoms with Crippen molar-refractivity contribution in [3.63, 3.8) is 0 Å². The Morgan fingerprint density at radius 3 is 2.68 bits per heavy atom. The molecule has 2 atom stereocenters. The number of nitrogens with one attached hydrogen (secondary N) is 2. The quantitative estimate of drug-likeness (QED) is 0.814. The molecule has 0 spiro atoms. The SMILES string of the molecule is Cc1ccc(C2CC2C(=O)NCCNC(C)(C)C)s1. The first-order chi connectivity index (χ1) is 8.87. The van der Waals surface area contributed by atoms with E-state index in [2.05, 4.69) is 50.5 Å². The number of aryl methyl sites for hydroxylation is 1. The van der Waals surface area contributed by atoms with Crippen molar-refractivity contribution in [2.75, 3.05) is 13.1 Å². The van der Waals surface area contributed by atoms with Crippen LogP contribution in [0.1, 0.15) is 42.9 Å². The van der Waals surface area contributed by atoms with E-state index >= 15 is 0 Å². The molecular weight excluding hydrogens is 256 g/mol. The largest absolute Gasteiger partial charge is 0.355 e. The van der Waals surface area contributed by atoms with Crippen LogP contribution in [0.4, 0.5) is 0 Å². The number of rotatable bonds is 5. The average molecular weight is 280 g/mol. The molecule has 1 aliphatic rings. The molecule has 2 rings (SSSR count). The summed E-state index contributed by atoms with van der Waals surface area (Å²) < 4.78 is 0. The Kier molecular flexibility index (Phi) is 4.31. The predicted octanol–water partition coefficient (Wildman–Crippen LogP) is 2.66. The maximum absolute atomic E-state index is 12.0. The standard InChI is InChI=1S/C15H24N2OS/c1-10-5-6-13(19-10)11-9-12(11)14(18)16-7-8-17-15(2,3)4/h5-6,11-12,17H,7-9H2,1-4H3,(H,16,18). The highest BCUT2D eigenvalue weighted by Crippen LogP contribution is 2.49. The lowest BCUT2D eigenvalue weighted by Crippen LogP contribution is -2.41. The van der Waals surface area contributed by atoms with Crippen molar-refractivity contribution in [3.05, 3.63) is 21.9 Å². The minimum Gasteiger partial charge on any atom is -0.355 e. The van der Waals surface area contributed by atoms with Gasteiger partial charge in [-0.05, 0) is 46.2 Å². The van der Waals surface area contributed by atoms with Crippen LogP contribution in [0.15, 0.2) is 12.1 Å². The van der Waals surface area contributed by atoms with Crippen LogP contribution in [0.2, 0.25) is 0 Å². The Balaban J connectivity index is 1.69. The van der Waals surface area contributed by atoms with Crippen molar-refractivity contribution >= 4 is 17.2 Å². The molecule has 1 fully saturated rings. The van der Waals surface area contributed by atoms with E-state index in [0.717, 1.165) is 13.0 Å². The van der Waals surface area contributed by atoms with E-state index in [1.807, 2.05) is 11.3 Å². The monoisotopic (exact) mass is 280 g/mol. The van der Waals surface area contributed by atoms with E-state index in [1.165, 1.54) is 9.75 Å². The van der Waals surface area contributed by atoms with E-state index in [0.29, 0.717) is 12.5 Å². The molecule has 106 valence electrons. The van der Waals surface area contributed by atoms with Crippen LogP contribution in [-0.2, 0) is 4.79 Å². The highest BCUT2D eigenvalue weighted by atomic mass is 32.1. The Hall–Kier alpha value is -0.870. The van der Waals surface area contributed by atoms with Crippen molar-refractivity contribution in [3.8, 4) is 0 Å². The fourth-order valence-corrected chi connectivity index (χ4v) is 3.26. The second kappa shape index (κ2) is 5.63. The number of amides is 1. The van der Waals surface area contributed by atoms with Gasteiger partial charge in [0.2, 0.25) is 5.91 Å². The third kappa shape index (κ3) is 4.32. The van der Waals surface area contributed by atoms with Gasteiger partial charge in [0.05, 0.1) is 0 Å². The van der Waals surface area contributed by atoms with E-state index in [-0.39, 0.29) is 17.4 Å². The number of carbonyl (C=O) groups is 1. The molecule has 2 unspecified atom stereocenters. The van der Waals surface area contributed by atoms with Crippen molar-refractivity contribution in [1.82, 2.24) is 10.6 Å². The second-order valence-corrected chi connectivity index (χ2v) is 7.68. The fraction of sp³-hybridized carbons (Fsp3) is 0.667. The van der Waals surface area contributed by atoms with Gasteiger partial charge < -0.3 is 10.6 Å². The molecule has 1 aromatic heterocycles. The molecule has 1 saturated carbocycles. The minimum atomic E-state index is 0.112. The summed E-state index contributed by atoms with van der Waals surface area (Å²) in [5, 5.41) is 6.40. The van der Waals surface area contributed by atoms with E-state index in [4.69, 9.17) is 0 Å². The second-order valence-electron chi connectivity index (χ2n) is 6.36. The number of thiophene rings is 1. The van der Waals surface area contributed by atoms with Gasteiger partial charge in [-0.15, -0.1) is 11.3 Å². The van der Waals surface area contributed by atoms with Gasteiger partial charge in [0.15, 0.2) is 0 Å². The number of carbonyl (C=O) groups excluding carboxylic acids is 1. The van der Waals surface area contributed by atoms with Crippen LogP contribution in [0.25, 0.3) is 0 Å². The molecule has 0 radical (unpaired) electrons. The fourth-order valence-electron chi connectivity index (χ4n) is 2.21. The van der Waals surface area contributed by atoms with E-state index in [9.17, 15) is 4.79 Å². The lowest BCUT2D eigenvalue weighted by molar-refractivity contribution is -0.122. The zero-order chi connectivity index (χ0) is 14.0. The highest BCUT2D eigenvalue weighted by molar-refractivity contribution is 7.12. The lowest BCUT2D eigenvalue weighted by atomic mass is 10.1. The third-order valence-corrected chi connectivity index (χ3v) is 4.47. The molecule has 0 saturated heterocycles. The summed E-state index contributed by atoms with van der Waals surface area (Å²) in [6.07, 6.45) is 1.01. The van der Waals surface area contributed by atoms with Crippen LogP contribution >= 0.6 is 11.3 Å². The molecule has 3 nitrogen and oxygen atoms in total. The molecule has 19 heavy (non-hydrogen) atoms. The van der Waals surface area contributed by atoms with Crippen molar-refractivity contribution in [1.29, 1.82) is 0 Å². The topological polar surface area (TPSA) is 41.1 Å². The first-order valence-electron chi connectivity index (χ1n) is 6.96. The molecule has 1 heterocycles. The Morgan fingerprint density at radius 2 is 2.11 bits per heavy atom. The van der Waals surface area contributed by atoms with Gasteiger partial charge in [0, 0.05) is 40.2 Å². The molecule has 0 aromatic carbocycles. The normalized spacial score (nSPS) is 22.3. The van der Waals surface area contributed by atoms with Gasteiger partial charge in [-0.1, -0.05) is 0 Å².